The van der Waals surface area contributed by atoms with Crippen molar-refractivity contribution in [2.75, 3.05) is 39.3 Å². The van der Waals surface area contributed by atoms with Gasteiger partial charge in [0.2, 0.25) is 5.89 Å². The number of aromatic nitrogens is 2. The van der Waals surface area contributed by atoms with Crippen LogP contribution < -0.4 is 0 Å². The summed E-state index contributed by atoms with van der Waals surface area (Å²) in [6.07, 6.45) is 0.709. The van der Waals surface area contributed by atoms with Crippen molar-refractivity contribution in [2.24, 2.45) is 0 Å². The molecular weight excluding hydrogens is 292 g/mol. The topological polar surface area (TPSA) is 65.6 Å². The van der Waals surface area contributed by atoms with Crippen molar-refractivity contribution < 1.29 is 9.63 Å². The predicted molar refractivity (Wildman–Crippen MR) is 87.1 cm³/mol. The molecule has 1 aromatic heterocycles. The van der Waals surface area contributed by atoms with Gasteiger partial charge in [0.25, 0.3) is 0 Å². The van der Waals surface area contributed by atoms with Crippen LogP contribution in [-0.4, -0.2) is 64.4 Å². The SMILES string of the molecule is Cc1ccccc1Cc1noc(CN2CCN(CCO)CC2)n1. The summed E-state index contributed by atoms with van der Waals surface area (Å²) in [4.78, 5) is 9.11. The fourth-order valence-electron chi connectivity index (χ4n) is 2.91. The highest BCUT2D eigenvalue weighted by atomic mass is 16.5. The number of piperazine rings is 1. The molecule has 1 aromatic carbocycles. The number of β-amino-alcohol motifs (C(OH)–C–C–N with tert-alkyl or cyclic N) is 1. The van der Waals surface area contributed by atoms with Gasteiger partial charge in [0.05, 0.1) is 13.2 Å². The molecule has 2 aromatic rings. The van der Waals surface area contributed by atoms with E-state index in [1.807, 2.05) is 12.1 Å². The number of benzene rings is 1. The van der Waals surface area contributed by atoms with E-state index in [0.717, 1.165) is 38.5 Å². The number of rotatable bonds is 6. The average molecular weight is 316 g/mol. The largest absolute Gasteiger partial charge is 0.395 e. The van der Waals surface area contributed by atoms with Gasteiger partial charge in [0.1, 0.15) is 0 Å². The van der Waals surface area contributed by atoms with Crippen LogP contribution in [0, 0.1) is 6.92 Å². The summed E-state index contributed by atoms with van der Waals surface area (Å²) in [5.41, 5.74) is 2.48. The highest BCUT2D eigenvalue weighted by Crippen LogP contribution is 2.13. The molecule has 1 aliphatic heterocycles. The third kappa shape index (κ3) is 4.37. The second kappa shape index (κ2) is 7.68. The van der Waals surface area contributed by atoms with Crippen molar-refractivity contribution in [3.63, 3.8) is 0 Å². The third-order valence-electron chi connectivity index (χ3n) is 4.36. The molecular formula is C17H24N4O2. The maximum Gasteiger partial charge on any atom is 0.240 e. The molecule has 1 N–H and O–H groups in total. The fraction of sp³-hybridized carbons (Fsp3) is 0.529. The summed E-state index contributed by atoms with van der Waals surface area (Å²) in [6, 6.07) is 8.28. The molecule has 0 amide bonds. The average Bonchev–Trinajstić information content (AvgIpc) is 2.99. The first-order chi connectivity index (χ1) is 11.2. The molecule has 0 aliphatic carbocycles. The Kier molecular flexibility index (Phi) is 5.38. The lowest BCUT2D eigenvalue weighted by molar-refractivity contribution is 0.101. The van der Waals surface area contributed by atoms with Gasteiger partial charge in [-0.05, 0) is 18.1 Å². The lowest BCUT2D eigenvalue weighted by atomic mass is 10.1. The van der Waals surface area contributed by atoms with Crippen molar-refractivity contribution in [2.45, 2.75) is 19.9 Å². The van der Waals surface area contributed by atoms with E-state index < -0.39 is 0 Å². The second-order valence-corrected chi connectivity index (χ2v) is 6.05. The first-order valence-electron chi connectivity index (χ1n) is 8.16. The molecule has 6 nitrogen and oxygen atoms in total. The third-order valence-corrected chi connectivity index (χ3v) is 4.36. The van der Waals surface area contributed by atoms with Crippen molar-refractivity contribution in [1.29, 1.82) is 0 Å². The van der Waals surface area contributed by atoms with E-state index in [1.54, 1.807) is 0 Å². The van der Waals surface area contributed by atoms with Gasteiger partial charge < -0.3 is 9.63 Å². The zero-order chi connectivity index (χ0) is 16.1. The number of hydrogen-bond acceptors (Lipinski definition) is 6. The van der Waals surface area contributed by atoms with Gasteiger partial charge in [-0.15, -0.1) is 0 Å². The van der Waals surface area contributed by atoms with Crippen LogP contribution in [0.15, 0.2) is 28.8 Å². The molecule has 6 heteroatoms. The first kappa shape index (κ1) is 16.1. The molecule has 0 atom stereocenters. The molecule has 0 saturated carbocycles. The standard InChI is InChI=1S/C17H24N4O2/c1-14-4-2-3-5-15(14)12-16-18-17(23-19-16)13-21-8-6-20(7-9-21)10-11-22/h2-5,22H,6-13H2,1H3. The summed E-state index contributed by atoms with van der Waals surface area (Å²) < 4.78 is 5.40. The summed E-state index contributed by atoms with van der Waals surface area (Å²) in [7, 11) is 0. The molecule has 1 aliphatic rings. The fourth-order valence-corrected chi connectivity index (χ4v) is 2.91. The van der Waals surface area contributed by atoms with Crippen LogP contribution in [0.3, 0.4) is 0 Å². The van der Waals surface area contributed by atoms with Gasteiger partial charge in [-0.2, -0.15) is 4.98 Å². The number of hydrogen-bond donors (Lipinski definition) is 1. The minimum atomic E-state index is 0.228. The van der Waals surface area contributed by atoms with Crippen LogP contribution in [0.5, 0.6) is 0 Å². The van der Waals surface area contributed by atoms with Crippen LogP contribution in [-0.2, 0) is 13.0 Å². The van der Waals surface area contributed by atoms with E-state index in [-0.39, 0.29) is 6.61 Å². The zero-order valence-corrected chi connectivity index (χ0v) is 13.6. The molecule has 2 heterocycles. The number of nitrogens with zero attached hydrogens (tertiary/aromatic N) is 4. The Hall–Kier alpha value is -1.76. The Morgan fingerprint density at radius 3 is 2.61 bits per heavy atom. The van der Waals surface area contributed by atoms with Crippen LogP contribution >= 0.6 is 0 Å². The molecule has 23 heavy (non-hydrogen) atoms. The molecule has 0 bridgehead atoms. The van der Waals surface area contributed by atoms with Crippen LogP contribution in [0.2, 0.25) is 0 Å². The van der Waals surface area contributed by atoms with Gasteiger partial charge in [-0.3, -0.25) is 9.80 Å². The van der Waals surface area contributed by atoms with Crippen LogP contribution in [0.1, 0.15) is 22.8 Å². The van der Waals surface area contributed by atoms with Gasteiger partial charge in [-0.25, -0.2) is 0 Å². The Morgan fingerprint density at radius 2 is 1.87 bits per heavy atom. The Bertz CT molecular complexity index is 621. The Balaban J connectivity index is 1.53. The first-order valence-corrected chi connectivity index (χ1v) is 8.16. The van der Waals surface area contributed by atoms with Gasteiger partial charge >= 0.3 is 0 Å². The highest BCUT2D eigenvalue weighted by Gasteiger charge is 2.18. The zero-order valence-electron chi connectivity index (χ0n) is 13.6. The van der Waals surface area contributed by atoms with Crippen molar-refractivity contribution in [3.8, 4) is 0 Å². The molecule has 0 radical (unpaired) electrons. The van der Waals surface area contributed by atoms with E-state index in [9.17, 15) is 0 Å². The molecule has 1 fully saturated rings. The van der Waals surface area contributed by atoms with Crippen molar-refractivity contribution in [1.82, 2.24) is 19.9 Å². The maximum atomic E-state index is 8.97. The predicted octanol–water partition coefficient (Wildman–Crippen LogP) is 1.08. The summed E-state index contributed by atoms with van der Waals surface area (Å²) in [5, 5.41) is 13.1. The van der Waals surface area contributed by atoms with E-state index in [2.05, 4.69) is 39.0 Å². The van der Waals surface area contributed by atoms with Gasteiger partial charge in [-0.1, -0.05) is 29.4 Å². The van der Waals surface area contributed by atoms with Gasteiger partial charge in [0, 0.05) is 39.1 Å². The monoisotopic (exact) mass is 316 g/mol. The smallest absolute Gasteiger partial charge is 0.240 e. The second-order valence-electron chi connectivity index (χ2n) is 6.05. The van der Waals surface area contributed by atoms with E-state index in [1.165, 1.54) is 11.1 Å². The molecule has 0 unspecified atom stereocenters. The van der Waals surface area contributed by atoms with Crippen LogP contribution in [0.25, 0.3) is 0 Å². The number of aliphatic hydroxyl groups excluding tert-OH is 1. The molecule has 0 spiro atoms. The highest BCUT2D eigenvalue weighted by molar-refractivity contribution is 5.27. The van der Waals surface area contributed by atoms with E-state index >= 15 is 0 Å². The quantitative estimate of drug-likeness (QED) is 0.860. The number of aliphatic hydroxyl groups is 1. The summed E-state index contributed by atoms with van der Waals surface area (Å²) in [5.74, 6) is 1.43. The van der Waals surface area contributed by atoms with E-state index in [0.29, 0.717) is 18.9 Å². The lowest BCUT2D eigenvalue weighted by Gasteiger charge is -2.33. The van der Waals surface area contributed by atoms with E-state index in [4.69, 9.17) is 9.63 Å². The van der Waals surface area contributed by atoms with Gasteiger partial charge in [0.15, 0.2) is 5.82 Å². The minimum absolute atomic E-state index is 0.228. The van der Waals surface area contributed by atoms with Crippen LogP contribution in [0.4, 0.5) is 0 Å². The minimum Gasteiger partial charge on any atom is -0.395 e. The Morgan fingerprint density at radius 1 is 1.13 bits per heavy atom. The Labute approximate surface area is 136 Å². The number of aryl methyl sites for hydroxylation is 1. The molecule has 124 valence electrons. The maximum absolute atomic E-state index is 8.97. The molecule has 3 rings (SSSR count). The summed E-state index contributed by atoms with van der Waals surface area (Å²) in [6.45, 7) is 7.68. The van der Waals surface area contributed by atoms with Crippen molar-refractivity contribution in [3.05, 3.63) is 47.1 Å². The summed E-state index contributed by atoms with van der Waals surface area (Å²) >= 11 is 0. The van der Waals surface area contributed by atoms with Crippen molar-refractivity contribution >= 4 is 0 Å². The lowest BCUT2D eigenvalue weighted by Crippen LogP contribution is -2.46. The molecule has 1 saturated heterocycles. The normalized spacial score (nSPS) is 16.8.